The highest BCUT2D eigenvalue weighted by molar-refractivity contribution is 5.81. The summed E-state index contributed by atoms with van der Waals surface area (Å²) in [7, 11) is 5.17. The van der Waals surface area contributed by atoms with Crippen molar-refractivity contribution in [3.05, 3.63) is 0 Å². The number of carbonyl (C=O) groups is 1. The second-order valence-corrected chi connectivity index (χ2v) is 3.58. The molecule has 0 aromatic rings. The Bertz CT molecular complexity index is 166. The normalized spacial score (nSPS) is 14.8. The molecule has 2 N–H and O–H groups in total. The lowest BCUT2D eigenvalue weighted by Gasteiger charge is -2.35. The Hall–Kier alpha value is -0.610. The van der Waals surface area contributed by atoms with Crippen LogP contribution < -0.4 is 5.73 Å². The molecule has 0 bridgehead atoms. The van der Waals surface area contributed by atoms with Crippen LogP contribution in [0.5, 0.6) is 0 Å². The van der Waals surface area contributed by atoms with Crippen molar-refractivity contribution in [1.82, 2.24) is 4.90 Å². The van der Waals surface area contributed by atoms with E-state index in [9.17, 15) is 4.79 Å². The second kappa shape index (κ2) is 3.87. The molecule has 0 saturated heterocycles. The molecule has 0 aromatic heterocycles. The highest BCUT2D eigenvalue weighted by Gasteiger charge is 2.35. The number of carbonyl (C=O) groups excluding carboxylic acids is 1. The number of likely N-dealkylation sites (N-methyl/N-ethyl adjacent to an activating group) is 1. The average molecular weight is 174 g/mol. The van der Waals surface area contributed by atoms with Gasteiger partial charge in [0, 0.05) is 7.11 Å². The molecule has 0 aromatic carbocycles. The topological polar surface area (TPSA) is 55.6 Å². The van der Waals surface area contributed by atoms with Gasteiger partial charge in [0.2, 0.25) is 5.91 Å². The molecule has 0 aliphatic rings. The Labute approximate surface area is 73.7 Å². The number of nitrogens with zero attached hydrogens (tertiary/aromatic N) is 1. The number of hydrogen-bond donors (Lipinski definition) is 1. The third kappa shape index (κ3) is 2.46. The van der Waals surface area contributed by atoms with Gasteiger partial charge >= 0.3 is 0 Å². The number of rotatable bonds is 4. The Balaban J connectivity index is 4.62. The van der Waals surface area contributed by atoms with Gasteiger partial charge in [-0.05, 0) is 27.9 Å². The third-order valence-corrected chi connectivity index (χ3v) is 1.97. The highest BCUT2D eigenvalue weighted by Crippen LogP contribution is 2.16. The van der Waals surface area contributed by atoms with Gasteiger partial charge in [-0.2, -0.15) is 0 Å². The summed E-state index contributed by atoms with van der Waals surface area (Å²) in [5.41, 5.74) is 4.69. The van der Waals surface area contributed by atoms with Crippen LogP contribution in [0.3, 0.4) is 0 Å². The first-order chi connectivity index (χ1) is 5.33. The maximum absolute atomic E-state index is 11.0. The van der Waals surface area contributed by atoms with E-state index in [0.29, 0.717) is 0 Å². The molecule has 0 aliphatic carbocycles. The molecule has 0 rings (SSSR count). The van der Waals surface area contributed by atoms with Crippen LogP contribution in [0.15, 0.2) is 0 Å². The number of nitrogens with two attached hydrogens (primary N) is 1. The van der Waals surface area contributed by atoms with E-state index in [-0.39, 0.29) is 5.91 Å². The van der Waals surface area contributed by atoms with Crippen LogP contribution in [0.4, 0.5) is 0 Å². The van der Waals surface area contributed by atoms with Crippen molar-refractivity contribution in [1.29, 1.82) is 0 Å². The van der Waals surface area contributed by atoms with E-state index >= 15 is 0 Å². The Morgan fingerprint density at radius 3 is 2.00 bits per heavy atom. The predicted molar refractivity (Wildman–Crippen MR) is 47.8 cm³/mol. The fraction of sp³-hybridized carbons (Fsp3) is 0.875. The molecule has 1 amide bonds. The first kappa shape index (κ1) is 11.4. The van der Waals surface area contributed by atoms with E-state index in [1.54, 1.807) is 26.1 Å². The average Bonchev–Trinajstić information content (AvgIpc) is 1.84. The zero-order valence-corrected chi connectivity index (χ0v) is 8.42. The molecular formula is C8H18N2O2. The summed E-state index contributed by atoms with van der Waals surface area (Å²) in [4.78, 5) is 12.8. The zero-order valence-electron chi connectivity index (χ0n) is 8.42. The monoisotopic (exact) mass is 174 g/mol. The summed E-state index contributed by atoms with van der Waals surface area (Å²) < 4.78 is 5.18. The lowest BCUT2D eigenvalue weighted by molar-refractivity contribution is -0.132. The van der Waals surface area contributed by atoms with E-state index in [2.05, 4.69) is 0 Å². The minimum absolute atomic E-state index is 0.369. The standard InChI is InChI=1S/C8H18N2O2/c1-8(2,12-5)6(7(9)11)10(3)4/h6H,1-5H3,(H2,9,11)/t6-/m1/s1. The molecule has 0 unspecified atom stereocenters. The lowest BCUT2D eigenvalue weighted by Crippen LogP contribution is -2.54. The van der Waals surface area contributed by atoms with Crippen LogP contribution in [0.2, 0.25) is 0 Å². The quantitative estimate of drug-likeness (QED) is 0.643. The van der Waals surface area contributed by atoms with Crippen molar-refractivity contribution in [3.63, 3.8) is 0 Å². The first-order valence-corrected chi connectivity index (χ1v) is 3.84. The van der Waals surface area contributed by atoms with Crippen LogP contribution in [0.1, 0.15) is 13.8 Å². The van der Waals surface area contributed by atoms with Gasteiger partial charge in [-0.15, -0.1) is 0 Å². The largest absolute Gasteiger partial charge is 0.377 e. The number of primary amides is 1. The number of ether oxygens (including phenoxy) is 1. The van der Waals surface area contributed by atoms with E-state index in [0.717, 1.165) is 0 Å². The highest BCUT2D eigenvalue weighted by atomic mass is 16.5. The van der Waals surface area contributed by atoms with Crippen LogP contribution >= 0.6 is 0 Å². The van der Waals surface area contributed by atoms with E-state index in [4.69, 9.17) is 10.5 Å². The van der Waals surface area contributed by atoms with Crippen LogP contribution in [0, 0.1) is 0 Å². The zero-order chi connectivity index (χ0) is 9.94. The summed E-state index contributed by atoms with van der Waals surface area (Å²) in [5, 5.41) is 0. The molecule has 0 fully saturated rings. The lowest BCUT2D eigenvalue weighted by atomic mass is 9.97. The summed E-state index contributed by atoms with van der Waals surface area (Å²) in [6.45, 7) is 3.67. The Morgan fingerprint density at radius 2 is 1.92 bits per heavy atom. The molecule has 0 saturated carbocycles. The molecule has 12 heavy (non-hydrogen) atoms. The molecule has 0 radical (unpaired) electrons. The van der Waals surface area contributed by atoms with Gasteiger partial charge in [-0.1, -0.05) is 0 Å². The molecule has 4 nitrogen and oxygen atoms in total. The van der Waals surface area contributed by atoms with Gasteiger partial charge in [-0.25, -0.2) is 0 Å². The van der Waals surface area contributed by atoms with E-state index in [1.165, 1.54) is 0 Å². The Kier molecular flexibility index (Phi) is 3.67. The first-order valence-electron chi connectivity index (χ1n) is 3.84. The van der Waals surface area contributed by atoms with Crippen molar-refractivity contribution >= 4 is 5.91 Å². The van der Waals surface area contributed by atoms with Crippen molar-refractivity contribution in [2.24, 2.45) is 5.73 Å². The van der Waals surface area contributed by atoms with Crippen LogP contribution in [-0.2, 0) is 9.53 Å². The van der Waals surface area contributed by atoms with E-state index < -0.39 is 11.6 Å². The van der Waals surface area contributed by atoms with Crippen molar-refractivity contribution in [2.45, 2.75) is 25.5 Å². The third-order valence-electron chi connectivity index (χ3n) is 1.97. The van der Waals surface area contributed by atoms with Crippen molar-refractivity contribution in [3.8, 4) is 0 Å². The van der Waals surface area contributed by atoms with Gasteiger partial charge in [0.1, 0.15) is 6.04 Å². The maximum atomic E-state index is 11.0. The smallest absolute Gasteiger partial charge is 0.237 e. The van der Waals surface area contributed by atoms with E-state index in [1.807, 2.05) is 13.8 Å². The molecule has 72 valence electrons. The van der Waals surface area contributed by atoms with Crippen molar-refractivity contribution in [2.75, 3.05) is 21.2 Å². The SMILES string of the molecule is COC(C)(C)[C@@H](C(N)=O)N(C)C. The fourth-order valence-electron chi connectivity index (χ4n) is 1.33. The summed E-state index contributed by atoms with van der Waals surface area (Å²) >= 11 is 0. The maximum Gasteiger partial charge on any atom is 0.237 e. The minimum atomic E-state index is -0.546. The summed E-state index contributed by atoms with van der Waals surface area (Å²) in [6.07, 6.45) is 0. The number of hydrogen-bond acceptors (Lipinski definition) is 3. The molecule has 1 atom stereocenters. The fourth-order valence-corrected chi connectivity index (χ4v) is 1.33. The second-order valence-electron chi connectivity index (χ2n) is 3.58. The van der Waals surface area contributed by atoms with Crippen LogP contribution in [-0.4, -0.2) is 43.7 Å². The van der Waals surface area contributed by atoms with Crippen molar-refractivity contribution < 1.29 is 9.53 Å². The molecular weight excluding hydrogens is 156 g/mol. The summed E-state index contributed by atoms with van der Waals surface area (Å²) in [6, 6.07) is -0.400. The van der Waals surface area contributed by atoms with Crippen LogP contribution in [0.25, 0.3) is 0 Å². The molecule has 0 aliphatic heterocycles. The summed E-state index contributed by atoms with van der Waals surface area (Å²) in [5.74, 6) is -0.369. The van der Waals surface area contributed by atoms with Gasteiger partial charge in [-0.3, -0.25) is 9.69 Å². The predicted octanol–water partition coefficient (Wildman–Crippen LogP) is -0.173. The molecule has 0 heterocycles. The van der Waals surface area contributed by atoms with Gasteiger partial charge < -0.3 is 10.5 Å². The molecule has 0 spiro atoms. The Morgan fingerprint density at radius 1 is 1.50 bits per heavy atom. The minimum Gasteiger partial charge on any atom is -0.377 e. The van der Waals surface area contributed by atoms with Gasteiger partial charge in [0.15, 0.2) is 0 Å². The molecule has 4 heteroatoms. The number of methoxy groups -OCH3 is 1. The van der Waals surface area contributed by atoms with Gasteiger partial charge in [0.25, 0.3) is 0 Å². The number of amides is 1. The van der Waals surface area contributed by atoms with Gasteiger partial charge in [0.05, 0.1) is 5.60 Å².